The maximum atomic E-state index is 12.4. The highest BCUT2D eigenvalue weighted by Crippen LogP contribution is 2.48. The lowest BCUT2D eigenvalue weighted by atomic mass is 9.76. The molecule has 32 heavy (non-hydrogen) atoms. The standard InChI is InChI=1S/C26H33NO4S/c1-16-20(22(24(28)29)31-25(2,3)4)21(18-11-13-26(5,6)14-12-18)23(32-16)19-9-7-17(8-10-19)15-27-30/h7-11,22H,12-15H2,1-6H3,(H,28,29). The van der Waals surface area contributed by atoms with Crippen LogP contribution in [0.2, 0.25) is 0 Å². The lowest BCUT2D eigenvalue weighted by Crippen LogP contribution is -2.28. The second-order valence-electron chi connectivity index (χ2n) is 10.3. The van der Waals surface area contributed by atoms with E-state index in [-0.39, 0.29) is 12.0 Å². The van der Waals surface area contributed by atoms with E-state index >= 15 is 0 Å². The zero-order valence-electron chi connectivity index (χ0n) is 19.8. The monoisotopic (exact) mass is 455 g/mol. The average Bonchev–Trinajstić information content (AvgIpc) is 3.03. The van der Waals surface area contributed by atoms with Crippen LogP contribution in [0.3, 0.4) is 0 Å². The largest absolute Gasteiger partial charge is 0.479 e. The zero-order chi connectivity index (χ0) is 23.7. The Kier molecular flexibility index (Phi) is 7.06. The molecule has 3 rings (SSSR count). The van der Waals surface area contributed by atoms with Gasteiger partial charge in [0.05, 0.1) is 5.60 Å². The third-order valence-electron chi connectivity index (χ3n) is 5.85. The second kappa shape index (κ2) is 9.28. The van der Waals surface area contributed by atoms with Crippen LogP contribution in [0.1, 0.15) is 81.6 Å². The van der Waals surface area contributed by atoms with Gasteiger partial charge in [0.15, 0.2) is 6.10 Å². The number of aliphatic carboxylic acids is 1. The lowest BCUT2D eigenvalue weighted by molar-refractivity contribution is -0.160. The average molecular weight is 456 g/mol. The first-order valence-corrected chi connectivity index (χ1v) is 11.9. The predicted molar refractivity (Wildman–Crippen MR) is 131 cm³/mol. The van der Waals surface area contributed by atoms with Crippen molar-refractivity contribution < 1.29 is 14.6 Å². The maximum Gasteiger partial charge on any atom is 0.337 e. The molecule has 5 nitrogen and oxygen atoms in total. The number of rotatable bonds is 7. The van der Waals surface area contributed by atoms with E-state index in [1.54, 1.807) is 11.3 Å². The van der Waals surface area contributed by atoms with Crippen molar-refractivity contribution in [3.63, 3.8) is 0 Å². The number of benzene rings is 1. The number of thiophene rings is 1. The number of allylic oxidation sites excluding steroid dienone is 2. The Hall–Kier alpha value is -2.31. The number of ether oxygens (including phenoxy) is 1. The highest BCUT2D eigenvalue weighted by atomic mass is 32.1. The van der Waals surface area contributed by atoms with E-state index in [0.717, 1.165) is 51.3 Å². The minimum Gasteiger partial charge on any atom is -0.479 e. The molecule has 0 saturated heterocycles. The molecule has 1 unspecified atom stereocenters. The molecule has 0 amide bonds. The Balaban J connectivity index is 2.20. The number of aryl methyl sites for hydroxylation is 1. The summed E-state index contributed by atoms with van der Waals surface area (Å²) in [6.45, 7) is 12.3. The Morgan fingerprint density at radius 1 is 1.25 bits per heavy atom. The fourth-order valence-electron chi connectivity index (χ4n) is 4.12. The molecule has 1 aromatic heterocycles. The van der Waals surface area contributed by atoms with Crippen molar-refractivity contribution in [2.75, 3.05) is 0 Å². The van der Waals surface area contributed by atoms with E-state index in [0.29, 0.717) is 0 Å². The zero-order valence-corrected chi connectivity index (χ0v) is 20.6. The Morgan fingerprint density at radius 2 is 1.91 bits per heavy atom. The number of nitrogens with zero attached hydrogens (tertiary/aromatic N) is 1. The van der Waals surface area contributed by atoms with Crippen molar-refractivity contribution in [1.29, 1.82) is 0 Å². The molecule has 0 bridgehead atoms. The minimum atomic E-state index is -1.04. The molecule has 6 heteroatoms. The molecule has 0 saturated carbocycles. The minimum absolute atomic E-state index is 0.141. The summed E-state index contributed by atoms with van der Waals surface area (Å²) in [5.74, 6) is -0.974. The van der Waals surface area contributed by atoms with Gasteiger partial charge in [0.2, 0.25) is 0 Å². The molecule has 172 valence electrons. The topological polar surface area (TPSA) is 76.0 Å². The summed E-state index contributed by atoms with van der Waals surface area (Å²) >= 11 is 1.61. The van der Waals surface area contributed by atoms with Gasteiger partial charge in [-0.05, 0) is 69.1 Å². The van der Waals surface area contributed by atoms with Gasteiger partial charge in [0.25, 0.3) is 0 Å². The van der Waals surface area contributed by atoms with Crippen molar-refractivity contribution in [2.24, 2.45) is 10.6 Å². The SMILES string of the molecule is Cc1sc(-c2ccc(CN=O)cc2)c(C2=CCC(C)(C)CC2)c1C(OC(C)(C)C)C(=O)O. The van der Waals surface area contributed by atoms with E-state index in [1.807, 2.05) is 52.0 Å². The molecule has 2 aromatic rings. The van der Waals surface area contributed by atoms with E-state index in [4.69, 9.17) is 4.74 Å². The molecule has 1 aromatic carbocycles. The van der Waals surface area contributed by atoms with E-state index in [2.05, 4.69) is 25.1 Å². The van der Waals surface area contributed by atoms with Crippen LogP contribution >= 0.6 is 11.3 Å². The molecule has 0 spiro atoms. The number of carbonyl (C=O) groups is 1. The molecule has 0 aliphatic heterocycles. The van der Waals surface area contributed by atoms with Gasteiger partial charge < -0.3 is 9.84 Å². The van der Waals surface area contributed by atoms with Crippen LogP contribution in [0.25, 0.3) is 16.0 Å². The molecule has 1 aliphatic carbocycles. The van der Waals surface area contributed by atoms with Crippen LogP contribution in [0.5, 0.6) is 0 Å². The van der Waals surface area contributed by atoms with Gasteiger partial charge in [-0.3, -0.25) is 0 Å². The van der Waals surface area contributed by atoms with Crippen LogP contribution in [0, 0.1) is 17.2 Å². The fourth-order valence-corrected chi connectivity index (χ4v) is 5.34. The van der Waals surface area contributed by atoms with Crippen molar-refractivity contribution in [2.45, 2.75) is 79.1 Å². The first kappa shape index (κ1) is 24.3. The smallest absolute Gasteiger partial charge is 0.337 e. The first-order chi connectivity index (χ1) is 14.9. The summed E-state index contributed by atoms with van der Waals surface area (Å²) in [7, 11) is 0. The fraction of sp³-hybridized carbons (Fsp3) is 0.500. The normalized spacial score (nSPS) is 17.0. The lowest BCUT2D eigenvalue weighted by Gasteiger charge is -2.31. The first-order valence-electron chi connectivity index (χ1n) is 11.0. The summed E-state index contributed by atoms with van der Waals surface area (Å²) in [6, 6.07) is 7.81. The number of hydrogen-bond donors (Lipinski definition) is 1. The Morgan fingerprint density at radius 3 is 2.41 bits per heavy atom. The Labute approximate surface area is 194 Å². The van der Waals surface area contributed by atoms with Gasteiger partial charge in [-0.15, -0.1) is 11.3 Å². The number of nitroso groups, excluding NO2 is 1. The summed E-state index contributed by atoms with van der Waals surface area (Å²) in [4.78, 5) is 25.0. The van der Waals surface area contributed by atoms with Crippen molar-refractivity contribution in [1.82, 2.24) is 0 Å². The Bertz CT molecular complexity index is 1030. The predicted octanol–water partition coefficient (Wildman–Crippen LogP) is 7.52. The van der Waals surface area contributed by atoms with Gasteiger partial charge in [-0.25, -0.2) is 4.79 Å². The molecule has 1 atom stereocenters. The highest BCUT2D eigenvalue weighted by Gasteiger charge is 2.35. The van der Waals surface area contributed by atoms with Gasteiger partial charge in [-0.2, -0.15) is 4.91 Å². The number of carboxylic acid groups (broad SMARTS) is 1. The summed E-state index contributed by atoms with van der Waals surface area (Å²) < 4.78 is 6.07. The molecule has 0 fully saturated rings. The van der Waals surface area contributed by atoms with Gasteiger partial charge in [0.1, 0.15) is 6.54 Å². The third-order valence-corrected chi connectivity index (χ3v) is 7.02. The third kappa shape index (κ3) is 5.54. The molecular formula is C26H33NO4S. The van der Waals surface area contributed by atoms with E-state index in [9.17, 15) is 14.8 Å². The maximum absolute atomic E-state index is 12.4. The van der Waals surface area contributed by atoms with Crippen LogP contribution in [-0.2, 0) is 16.1 Å². The quantitative estimate of drug-likeness (QED) is 0.438. The summed E-state index contributed by atoms with van der Waals surface area (Å²) in [5, 5.41) is 13.1. The number of carboxylic acids is 1. The van der Waals surface area contributed by atoms with Crippen LogP contribution in [0.4, 0.5) is 0 Å². The van der Waals surface area contributed by atoms with Crippen molar-refractivity contribution in [3.05, 3.63) is 56.8 Å². The van der Waals surface area contributed by atoms with Gasteiger partial charge >= 0.3 is 5.97 Å². The van der Waals surface area contributed by atoms with Crippen LogP contribution < -0.4 is 0 Å². The van der Waals surface area contributed by atoms with Crippen LogP contribution in [0.15, 0.2) is 35.5 Å². The molecule has 1 heterocycles. The van der Waals surface area contributed by atoms with Crippen molar-refractivity contribution in [3.8, 4) is 10.4 Å². The highest BCUT2D eigenvalue weighted by molar-refractivity contribution is 7.16. The van der Waals surface area contributed by atoms with E-state index in [1.165, 1.54) is 5.57 Å². The van der Waals surface area contributed by atoms with Crippen molar-refractivity contribution >= 4 is 22.9 Å². The van der Waals surface area contributed by atoms with Crippen LogP contribution in [-0.4, -0.2) is 16.7 Å². The number of hydrogen-bond acceptors (Lipinski definition) is 5. The summed E-state index contributed by atoms with van der Waals surface area (Å²) in [6.07, 6.45) is 4.15. The van der Waals surface area contributed by atoms with E-state index < -0.39 is 17.7 Å². The summed E-state index contributed by atoms with van der Waals surface area (Å²) in [5.41, 5.74) is 4.48. The molecule has 0 radical (unpaired) electrons. The molecule has 1 aliphatic rings. The second-order valence-corrected chi connectivity index (χ2v) is 11.5. The molecular weight excluding hydrogens is 422 g/mol. The van der Waals surface area contributed by atoms with Gasteiger partial charge in [-0.1, -0.05) is 49.4 Å². The van der Waals surface area contributed by atoms with Gasteiger partial charge in [0, 0.05) is 20.9 Å². The molecule has 1 N–H and O–H groups in total.